The number of sulfonamides is 1. The molecule has 7 heteroatoms. The SMILES string of the molecule is Cc1cc(NS(=O)(=O)c2ccc(F)c(F)c2)ccc1Cl. The molecule has 2 aromatic rings. The Morgan fingerprint density at radius 2 is 1.75 bits per heavy atom. The second-order valence-corrected chi connectivity index (χ2v) is 6.23. The van der Waals surface area contributed by atoms with Crippen molar-refractivity contribution in [2.24, 2.45) is 0 Å². The van der Waals surface area contributed by atoms with E-state index in [1.807, 2.05) is 0 Å². The van der Waals surface area contributed by atoms with E-state index in [0.717, 1.165) is 12.1 Å². The molecule has 0 aliphatic rings. The van der Waals surface area contributed by atoms with Gasteiger partial charge in [0.2, 0.25) is 0 Å². The molecule has 3 nitrogen and oxygen atoms in total. The second kappa shape index (κ2) is 5.38. The summed E-state index contributed by atoms with van der Waals surface area (Å²) < 4.78 is 52.2. The van der Waals surface area contributed by atoms with E-state index in [0.29, 0.717) is 16.7 Å². The summed E-state index contributed by atoms with van der Waals surface area (Å²) in [6.07, 6.45) is 0. The van der Waals surface area contributed by atoms with Gasteiger partial charge in [-0.2, -0.15) is 0 Å². The van der Waals surface area contributed by atoms with Crippen molar-refractivity contribution in [3.05, 3.63) is 58.6 Å². The van der Waals surface area contributed by atoms with Crippen LogP contribution in [0, 0.1) is 18.6 Å². The summed E-state index contributed by atoms with van der Waals surface area (Å²) >= 11 is 5.84. The Balaban J connectivity index is 2.35. The molecule has 20 heavy (non-hydrogen) atoms. The lowest BCUT2D eigenvalue weighted by Gasteiger charge is -2.09. The van der Waals surface area contributed by atoms with Crippen molar-refractivity contribution in [2.45, 2.75) is 11.8 Å². The van der Waals surface area contributed by atoms with Gasteiger partial charge >= 0.3 is 0 Å². The van der Waals surface area contributed by atoms with Gasteiger partial charge in [0.15, 0.2) is 11.6 Å². The fourth-order valence-electron chi connectivity index (χ4n) is 1.57. The summed E-state index contributed by atoms with van der Waals surface area (Å²) in [5.41, 5.74) is 0.980. The molecule has 0 saturated heterocycles. The van der Waals surface area contributed by atoms with E-state index in [2.05, 4.69) is 4.72 Å². The van der Waals surface area contributed by atoms with Crippen LogP contribution >= 0.6 is 11.6 Å². The Hall–Kier alpha value is -1.66. The predicted octanol–water partition coefficient (Wildman–Crippen LogP) is 3.73. The van der Waals surface area contributed by atoms with Gasteiger partial charge in [0, 0.05) is 10.7 Å². The molecule has 1 N–H and O–H groups in total. The van der Waals surface area contributed by atoms with Crippen LogP contribution in [-0.2, 0) is 10.0 Å². The average molecular weight is 318 g/mol. The number of anilines is 1. The normalized spacial score (nSPS) is 11.4. The van der Waals surface area contributed by atoms with Gasteiger partial charge < -0.3 is 0 Å². The number of hydrogen-bond donors (Lipinski definition) is 1. The Morgan fingerprint density at radius 3 is 2.35 bits per heavy atom. The molecule has 0 fully saturated rings. The summed E-state index contributed by atoms with van der Waals surface area (Å²) in [5, 5.41) is 0.501. The van der Waals surface area contributed by atoms with E-state index >= 15 is 0 Å². The smallest absolute Gasteiger partial charge is 0.261 e. The van der Waals surface area contributed by atoms with Crippen LogP contribution in [0.3, 0.4) is 0 Å². The minimum Gasteiger partial charge on any atom is -0.280 e. The molecular formula is C13H10ClF2NO2S. The Labute approximate surface area is 120 Å². The maximum Gasteiger partial charge on any atom is 0.261 e. The third-order valence-electron chi connectivity index (χ3n) is 2.61. The van der Waals surface area contributed by atoms with Crippen molar-refractivity contribution >= 4 is 27.3 Å². The van der Waals surface area contributed by atoms with Crippen LogP contribution in [0.15, 0.2) is 41.3 Å². The highest BCUT2D eigenvalue weighted by molar-refractivity contribution is 7.92. The van der Waals surface area contributed by atoms with Crippen molar-refractivity contribution in [1.82, 2.24) is 0 Å². The number of rotatable bonds is 3. The van der Waals surface area contributed by atoms with Crippen LogP contribution in [0.25, 0.3) is 0 Å². The van der Waals surface area contributed by atoms with Gasteiger partial charge in [-0.15, -0.1) is 0 Å². The molecule has 106 valence electrons. The molecule has 0 spiro atoms. The van der Waals surface area contributed by atoms with Crippen molar-refractivity contribution < 1.29 is 17.2 Å². The summed E-state index contributed by atoms with van der Waals surface area (Å²) in [6.45, 7) is 1.72. The molecule has 0 saturated carbocycles. The summed E-state index contributed by atoms with van der Waals surface area (Å²) in [5.74, 6) is -2.33. The summed E-state index contributed by atoms with van der Waals surface area (Å²) in [7, 11) is -3.98. The number of hydrogen-bond acceptors (Lipinski definition) is 2. The van der Waals surface area contributed by atoms with E-state index in [9.17, 15) is 17.2 Å². The van der Waals surface area contributed by atoms with Crippen molar-refractivity contribution in [2.75, 3.05) is 4.72 Å². The molecule has 0 atom stereocenters. The fourth-order valence-corrected chi connectivity index (χ4v) is 2.74. The van der Waals surface area contributed by atoms with E-state index in [4.69, 9.17) is 11.6 Å². The van der Waals surface area contributed by atoms with Crippen molar-refractivity contribution in [3.63, 3.8) is 0 Å². The topological polar surface area (TPSA) is 46.2 Å². The molecule has 0 aromatic heterocycles. The lowest BCUT2D eigenvalue weighted by molar-refractivity contribution is 0.504. The monoisotopic (exact) mass is 317 g/mol. The molecule has 0 heterocycles. The zero-order valence-corrected chi connectivity index (χ0v) is 11.9. The first-order valence-electron chi connectivity index (χ1n) is 5.53. The molecule has 0 aliphatic carbocycles. The molecule has 0 radical (unpaired) electrons. The van der Waals surface area contributed by atoms with E-state index in [-0.39, 0.29) is 10.6 Å². The zero-order chi connectivity index (χ0) is 14.9. The predicted molar refractivity (Wildman–Crippen MR) is 73.4 cm³/mol. The third-order valence-corrected chi connectivity index (χ3v) is 4.41. The first kappa shape index (κ1) is 14.7. The van der Waals surface area contributed by atoms with E-state index < -0.39 is 21.7 Å². The lowest BCUT2D eigenvalue weighted by Crippen LogP contribution is -2.13. The molecule has 0 bridgehead atoms. The molecule has 2 rings (SSSR count). The van der Waals surface area contributed by atoms with Gasteiger partial charge in [-0.05, 0) is 48.9 Å². The van der Waals surface area contributed by atoms with Crippen LogP contribution in [0.2, 0.25) is 5.02 Å². The van der Waals surface area contributed by atoms with Gasteiger partial charge in [0.25, 0.3) is 10.0 Å². The summed E-state index contributed by atoms with van der Waals surface area (Å²) in [4.78, 5) is -0.357. The van der Waals surface area contributed by atoms with Gasteiger partial charge in [0.1, 0.15) is 0 Å². The Kier molecular flexibility index (Phi) is 3.96. The van der Waals surface area contributed by atoms with Crippen LogP contribution < -0.4 is 4.72 Å². The van der Waals surface area contributed by atoms with Crippen LogP contribution in [-0.4, -0.2) is 8.42 Å². The number of benzene rings is 2. The van der Waals surface area contributed by atoms with Crippen LogP contribution in [0.4, 0.5) is 14.5 Å². The highest BCUT2D eigenvalue weighted by Gasteiger charge is 2.16. The minimum atomic E-state index is -3.98. The number of aryl methyl sites for hydroxylation is 1. The standard InChI is InChI=1S/C13H10ClF2NO2S/c1-8-6-9(2-4-11(8)14)17-20(18,19)10-3-5-12(15)13(16)7-10/h2-7,17H,1H3. The van der Waals surface area contributed by atoms with Crippen molar-refractivity contribution in [1.29, 1.82) is 0 Å². The highest BCUT2D eigenvalue weighted by atomic mass is 35.5. The maximum absolute atomic E-state index is 13.1. The van der Waals surface area contributed by atoms with Gasteiger partial charge in [-0.25, -0.2) is 17.2 Å². The minimum absolute atomic E-state index is 0.289. The molecule has 2 aromatic carbocycles. The first-order chi connectivity index (χ1) is 9.29. The highest BCUT2D eigenvalue weighted by Crippen LogP contribution is 2.22. The number of nitrogens with one attached hydrogen (secondary N) is 1. The van der Waals surface area contributed by atoms with Crippen LogP contribution in [0.5, 0.6) is 0 Å². The fraction of sp³-hybridized carbons (Fsp3) is 0.0769. The molecule has 0 aliphatic heterocycles. The lowest BCUT2D eigenvalue weighted by atomic mass is 10.2. The van der Waals surface area contributed by atoms with Crippen molar-refractivity contribution in [3.8, 4) is 0 Å². The Morgan fingerprint density at radius 1 is 1.05 bits per heavy atom. The molecule has 0 unspecified atom stereocenters. The van der Waals surface area contributed by atoms with E-state index in [1.54, 1.807) is 19.1 Å². The first-order valence-corrected chi connectivity index (χ1v) is 7.40. The quantitative estimate of drug-likeness (QED) is 0.937. The van der Waals surface area contributed by atoms with E-state index in [1.165, 1.54) is 6.07 Å². The van der Waals surface area contributed by atoms with Crippen LogP contribution in [0.1, 0.15) is 5.56 Å². The molecule has 0 amide bonds. The maximum atomic E-state index is 13.1. The van der Waals surface area contributed by atoms with Gasteiger partial charge in [0.05, 0.1) is 4.90 Å². The Bertz CT molecular complexity index is 763. The zero-order valence-electron chi connectivity index (χ0n) is 10.3. The average Bonchev–Trinajstić information content (AvgIpc) is 2.37. The molecular weight excluding hydrogens is 308 g/mol. The van der Waals surface area contributed by atoms with Gasteiger partial charge in [-0.1, -0.05) is 11.6 Å². The van der Waals surface area contributed by atoms with Gasteiger partial charge in [-0.3, -0.25) is 4.72 Å². The summed E-state index contributed by atoms with van der Waals surface area (Å²) in [6, 6.07) is 6.94. The second-order valence-electron chi connectivity index (χ2n) is 4.15. The largest absolute Gasteiger partial charge is 0.280 e. The number of halogens is 3. The third kappa shape index (κ3) is 3.08.